The topological polar surface area (TPSA) is 61.0 Å². The minimum Gasteiger partial charge on any atom is -0.369 e. The summed E-state index contributed by atoms with van der Waals surface area (Å²) in [5.41, 5.74) is 0. The van der Waals surface area contributed by atoms with Gasteiger partial charge in [-0.05, 0) is 26.2 Å². The zero-order chi connectivity index (χ0) is 11.6. The Morgan fingerprint density at radius 2 is 1.38 bits per heavy atom. The van der Waals surface area contributed by atoms with E-state index in [4.69, 9.17) is 0 Å². The standard InChI is InChI=1S/C11H21N5/c1-12-6-8-14-10-4-3-5-11(16-10)15-9-7-13-2/h3-5,12-13H,6-9H2,1-2H3,(H2,14,15,16). The van der Waals surface area contributed by atoms with Gasteiger partial charge in [0.15, 0.2) is 0 Å². The summed E-state index contributed by atoms with van der Waals surface area (Å²) in [7, 11) is 3.87. The van der Waals surface area contributed by atoms with E-state index in [2.05, 4.69) is 26.3 Å². The lowest BCUT2D eigenvalue weighted by molar-refractivity contribution is 0.817. The van der Waals surface area contributed by atoms with E-state index in [0.29, 0.717) is 0 Å². The molecule has 0 aliphatic rings. The SMILES string of the molecule is CNCCNc1cccc(NCCNC)n1. The van der Waals surface area contributed by atoms with Crippen LogP contribution in [0.2, 0.25) is 0 Å². The molecule has 0 unspecified atom stereocenters. The highest BCUT2D eigenvalue weighted by molar-refractivity contribution is 5.45. The third-order valence-electron chi connectivity index (χ3n) is 2.11. The lowest BCUT2D eigenvalue weighted by atomic mass is 10.4. The van der Waals surface area contributed by atoms with Crippen molar-refractivity contribution in [2.24, 2.45) is 0 Å². The van der Waals surface area contributed by atoms with Gasteiger partial charge in [-0.25, -0.2) is 4.98 Å². The first-order valence-electron chi connectivity index (χ1n) is 5.61. The number of hydrogen-bond donors (Lipinski definition) is 4. The Labute approximate surface area is 97.0 Å². The lowest BCUT2D eigenvalue weighted by Crippen LogP contribution is -2.19. The summed E-state index contributed by atoms with van der Waals surface area (Å²) in [4.78, 5) is 4.44. The molecule has 90 valence electrons. The molecule has 1 heterocycles. The molecule has 0 saturated carbocycles. The Balaban J connectivity index is 2.37. The summed E-state index contributed by atoms with van der Waals surface area (Å²) >= 11 is 0. The van der Waals surface area contributed by atoms with Crippen molar-refractivity contribution in [2.75, 3.05) is 50.9 Å². The van der Waals surface area contributed by atoms with E-state index in [1.165, 1.54) is 0 Å². The molecule has 16 heavy (non-hydrogen) atoms. The minimum atomic E-state index is 0.878. The fraction of sp³-hybridized carbons (Fsp3) is 0.545. The number of rotatable bonds is 8. The quantitative estimate of drug-likeness (QED) is 0.479. The molecule has 0 aliphatic heterocycles. The van der Waals surface area contributed by atoms with Crippen LogP contribution in [-0.4, -0.2) is 45.3 Å². The zero-order valence-corrected chi connectivity index (χ0v) is 10.0. The van der Waals surface area contributed by atoms with Crippen molar-refractivity contribution in [3.8, 4) is 0 Å². The normalized spacial score (nSPS) is 10.1. The van der Waals surface area contributed by atoms with Gasteiger partial charge in [-0.2, -0.15) is 0 Å². The zero-order valence-electron chi connectivity index (χ0n) is 10.0. The largest absolute Gasteiger partial charge is 0.369 e. The number of anilines is 2. The van der Waals surface area contributed by atoms with Gasteiger partial charge in [0, 0.05) is 26.2 Å². The van der Waals surface area contributed by atoms with Crippen LogP contribution in [-0.2, 0) is 0 Å². The van der Waals surface area contributed by atoms with E-state index in [1.54, 1.807) is 0 Å². The van der Waals surface area contributed by atoms with E-state index in [-0.39, 0.29) is 0 Å². The molecular weight excluding hydrogens is 202 g/mol. The molecule has 0 amide bonds. The number of nitrogens with one attached hydrogen (secondary N) is 4. The first-order valence-corrected chi connectivity index (χ1v) is 5.61. The highest BCUT2D eigenvalue weighted by atomic mass is 15.1. The first-order chi connectivity index (χ1) is 7.86. The molecule has 0 bridgehead atoms. The Hall–Kier alpha value is -1.33. The third-order valence-corrected chi connectivity index (χ3v) is 2.11. The summed E-state index contributed by atoms with van der Waals surface area (Å²) in [6, 6.07) is 5.94. The van der Waals surface area contributed by atoms with Gasteiger partial charge in [0.05, 0.1) is 0 Å². The van der Waals surface area contributed by atoms with Crippen LogP contribution >= 0.6 is 0 Å². The molecular formula is C11H21N5. The summed E-state index contributed by atoms with van der Waals surface area (Å²) in [6.45, 7) is 3.62. The fourth-order valence-electron chi connectivity index (χ4n) is 1.26. The first kappa shape index (κ1) is 12.7. The Morgan fingerprint density at radius 1 is 0.875 bits per heavy atom. The molecule has 0 aromatic carbocycles. The Morgan fingerprint density at radius 3 is 1.81 bits per heavy atom. The molecule has 0 saturated heterocycles. The predicted molar refractivity (Wildman–Crippen MR) is 69.1 cm³/mol. The van der Waals surface area contributed by atoms with Gasteiger partial charge in [0.1, 0.15) is 11.6 Å². The molecule has 0 atom stereocenters. The molecule has 0 spiro atoms. The van der Waals surface area contributed by atoms with Crippen molar-refractivity contribution in [3.63, 3.8) is 0 Å². The predicted octanol–water partition coefficient (Wildman–Crippen LogP) is 0.344. The highest BCUT2D eigenvalue weighted by Gasteiger charge is 1.95. The van der Waals surface area contributed by atoms with Crippen LogP contribution in [0.4, 0.5) is 11.6 Å². The summed E-state index contributed by atoms with van der Waals surface area (Å²) in [6.07, 6.45) is 0. The minimum absolute atomic E-state index is 0.878. The second-order valence-corrected chi connectivity index (χ2v) is 3.47. The van der Waals surface area contributed by atoms with Gasteiger partial charge < -0.3 is 21.3 Å². The van der Waals surface area contributed by atoms with Crippen LogP contribution in [0.1, 0.15) is 0 Å². The monoisotopic (exact) mass is 223 g/mol. The van der Waals surface area contributed by atoms with Gasteiger partial charge in [-0.3, -0.25) is 0 Å². The van der Waals surface area contributed by atoms with Gasteiger partial charge in [0.25, 0.3) is 0 Å². The second-order valence-electron chi connectivity index (χ2n) is 3.47. The highest BCUT2D eigenvalue weighted by Crippen LogP contribution is 2.07. The molecule has 1 aromatic rings. The van der Waals surface area contributed by atoms with Gasteiger partial charge in [-0.1, -0.05) is 6.07 Å². The molecule has 5 heteroatoms. The van der Waals surface area contributed by atoms with Crippen molar-refractivity contribution >= 4 is 11.6 Å². The summed E-state index contributed by atoms with van der Waals surface area (Å²) < 4.78 is 0. The van der Waals surface area contributed by atoms with Crippen molar-refractivity contribution in [1.82, 2.24) is 15.6 Å². The van der Waals surface area contributed by atoms with Crippen molar-refractivity contribution in [1.29, 1.82) is 0 Å². The Kier molecular flexibility index (Phi) is 6.29. The fourth-order valence-corrected chi connectivity index (χ4v) is 1.26. The van der Waals surface area contributed by atoms with Crippen LogP contribution in [0.25, 0.3) is 0 Å². The van der Waals surface area contributed by atoms with Crippen LogP contribution in [0.5, 0.6) is 0 Å². The van der Waals surface area contributed by atoms with Crippen LogP contribution in [0.15, 0.2) is 18.2 Å². The molecule has 1 aromatic heterocycles. The van der Waals surface area contributed by atoms with E-state index in [0.717, 1.165) is 37.8 Å². The maximum atomic E-state index is 4.44. The average molecular weight is 223 g/mol. The van der Waals surface area contributed by atoms with Crippen molar-refractivity contribution in [3.05, 3.63) is 18.2 Å². The lowest BCUT2D eigenvalue weighted by Gasteiger charge is -2.08. The van der Waals surface area contributed by atoms with E-state index < -0.39 is 0 Å². The van der Waals surface area contributed by atoms with Crippen LogP contribution < -0.4 is 21.3 Å². The van der Waals surface area contributed by atoms with E-state index in [1.807, 2.05) is 32.3 Å². The summed E-state index contributed by atoms with van der Waals surface area (Å²) in [5.74, 6) is 1.81. The van der Waals surface area contributed by atoms with Gasteiger partial charge >= 0.3 is 0 Å². The number of hydrogen-bond acceptors (Lipinski definition) is 5. The Bertz CT molecular complexity index is 264. The molecule has 0 fully saturated rings. The van der Waals surface area contributed by atoms with E-state index in [9.17, 15) is 0 Å². The third kappa shape index (κ3) is 4.95. The van der Waals surface area contributed by atoms with Crippen molar-refractivity contribution < 1.29 is 0 Å². The van der Waals surface area contributed by atoms with Crippen molar-refractivity contribution in [2.45, 2.75) is 0 Å². The second kappa shape index (κ2) is 7.90. The molecule has 5 nitrogen and oxygen atoms in total. The maximum Gasteiger partial charge on any atom is 0.128 e. The molecule has 1 rings (SSSR count). The number of likely N-dealkylation sites (N-methyl/N-ethyl adjacent to an activating group) is 2. The number of nitrogens with zero attached hydrogens (tertiary/aromatic N) is 1. The number of aromatic nitrogens is 1. The maximum absolute atomic E-state index is 4.44. The smallest absolute Gasteiger partial charge is 0.128 e. The van der Waals surface area contributed by atoms with Gasteiger partial charge in [0.2, 0.25) is 0 Å². The number of pyridine rings is 1. The molecule has 4 N–H and O–H groups in total. The summed E-state index contributed by atoms with van der Waals surface area (Å²) in [5, 5.41) is 12.7. The van der Waals surface area contributed by atoms with Gasteiger partial charge in [-0.15, -0.1) is 0 Å². The molecule has 0 radical (unpaired) electrons. The van der Waals surface area contributed by atoms with Crippen LogP contribution in [0.3, 0.4) is 0 Å². The van der Waals surface area contributed by atoms with E-state index >= 15 is 0 Å². The molecule has 0 aliphatic carbocycles. The van der Waals surface area contributed by atoms with Crippen LogP contribution in [0, 0.1) is 0 Å². The average Bonchev–Trinajstić information content (AvgIpc) is 2.30.